The summed E-state index contributed by atoms with van der Waals surface area (Å²) >= 11 is 0. The van der Waals surface area contributed by atoms with Gasteiger partial charge in [0.2, 0.25) is 0 Å². The maximum Gasteiger partial charge on any atom is 0.330 e. The molecule has 0 spiro atoms. The summed E-state index contributed by atoms with van der Waals surface area (Å²) in [5.41, 5.74) is -0.486. The summed E-state index contributed by atoms with van der Waals surface area (Å²) in [7, 11) is 0. The molecule has 0 aromatic carbocycles. The molecule has 5 nitrogen and oxygen atoms in total. The summed E-state index contributed by atoms with van der Waals surface area (Å²) in [5.74, 6) is -0.700. The van der Waals surface area contributed by atoms with Crippen LogP contribution >= 0.6 is 0 Å². The number of hydrogen-bond donors (Lipinski definition) is 1. The highest BCUT2D eigenvalue weighted by Crippen LogP contribution is 2.06. The molecule has 0 saturated carbocycles. The van der Waals surface area contributed by atoms with Gasteiger partial charge in [-0.2, -0.15) is 0 Å². The van der Waals surface area contributed by atoms with Crippen LogP contribution in [0.5, 0.6) is 0 Å². The molecule has 0 radical (unpaired) electrons. The summed E-state index contributed by atoms with van der Waals surface area (Å²) < 4.78 is 9.78. The Kier molecular flexibility index (Phi) is 7.21. The molecule has 0 aromatic rings. The number of nitrogens with one attached hydrogen (secondary N) is 1. The van der Waals surface area contributed by atoms with Crippen LogP contribution in [-0.2, 0) is 19.1 Å². The van der Waals surface area contributed by atoms with Gasteiger partial charge in [-0.3, -0.25) is 4.79 Å². The summed E-state index contributed by atoms with van der Waals surface area (Å²) in [6.07, 6.45) is 2.94. The lowest BCUT2D eigenvalue weighted by atomic mass is 10.2. The Bertz CT molecular complexity index is 279. The van der Waals surface area contributed by atoms with Gasteiger partial charge in [0.05, 0.1) is 13.2 Å². The zero-order valence-corrected chi connectivity index (χ0v) is 10.9. The Balaban J connectivity index is 3.67. The third-order valence-electron chi connectivity index (χ3n) is 1.50. The molecule has 1 N–H and O–H groups in total. The average molecular weight is 243 g/mol. The van der Waals surface area contributed by atoms with E-state index in [0.29, 0.717) is 13.2 Å². The smallest absolute Gasteiger partial charge is 0.330 e. The fourth-order valence-corrected chi connectivity index (χ4v) is 0.961. The van der Waals surface area contributed by atoms with E-state index in [-0.39, 0.29) is 12.5 Å². The van der Waals surface area contributed by atoms with Crippen LogP contribution in [-0.4, -0.2) is 37.2 Å². The summed E-state index contributed by atoms with van der Waals surface area (Å²) in [6, 6.07) is 0. The molecule has 0 aliphatic heterocycles. The Hall–Kier alpha value is -1.36. The van der Waals surface area contributed by atoms with Gasteiger partial charge in [0, 0.05) is 12.6 Å². The zero-order chi connectivity index (χ0) is 13.3. The molecular weight excluding hydrogens is 222 g/mol. The van der Waals surface area contributed by atoms with Gasteiger partial charge in [-0.25, -0.2) is 4.79 Å². The Morgan fingerprint density at radius 3 is 2.47 bits per heavy atom. The summed E-state index contributed by atoms with van der Waals surface area (Å²) in [6.45, 7) is 8.08. The molecule has 5 heteroatoms. The fraction of sp³-hybridized carbons (Fsp3) is 0.667. The van der Waals surface area contributed by atoms with Gasteiger partial charge < -0.3 is 14.8 Å². The third-order valence-corrected chi connectivity index (χ3v) is 1.50. The van der Waals surface area contributed by atoms with E-state index in [1.807, 2.05) is 0 Å². The number of carbonyl (C=O) groups is 2. The minimum absolute atomic E-state index is 0.131. The van der Waals surface area contributed by atoms with E-state index < -0.39 is 11.6 Å². The number of esters is 2. The van der Waals surface area contributed by atoms with E-state index in [0.717, 1.165) is 0 Å². The van der Waals surface area contributed by atoms with Crippen molar-refractivity contribution in [2.45, 2.75) is 33.3 Å². The monoisotopic (exact) mass is 243 g/mol. The van der Waals surface area contributed by atoms with Crippen LogP contribution in [0, 0.1) is 0 Å². The van der Waals surface area contributed by atoms with Crippen LogP contribution in [0.2, 0.25) is 0 Å². The van der Waals surface area contributed by atoms with Crippen molar-refractivity contribution < 1.29 is 19.1 Å². The first-order valence-electron chi connectivity index (χ1n) is 5.61. The molecule has 0 bridgehead atoms. The molecule has 0 fully saturated rings. The molecule has 0 rings (SSSR count). The second kappa shape index (κ2) is 7.84. The standard InChI is InChI=1S/C12H21NO4/c1-5-16-11(15)9-13-8-6-7-10(14)17-12(2,3)4/h6-7,13H,5,8-9H2,1-4H3. The Labute approximate surface area is 102 Å². The first-order valence-corrected chi connectivity index (χ1v) is 5.61. The molecular formula is C12H21NO4. The van der Waals surface area contributed by atoms with Crippen molar-refractivity contribution in [1.82, 2.24) is 5.32 Å². The lowest BCUT2D eigenvalue weighted by Gasteiger charge is -2.17. The van der Waals surface area contributed by atoms with E-state index in [2.05, 4.69) is 5.32 Å². The first-order chi connectivity index (χ1) is 7.85. The van der Waals surface area contributed by atoms with Crippen LogP contribution < -0.4 is 5.32 Å². The van der Waals surface area contributed by atoms with Crippen molar-refractivity contribution in [3.63, 3.8) is 0 Å². The Morgan fingerprint density at radius 2 is 1.94 bits per heavy atom. The molecule has 98 valence electrons. The molecule has 0 aliphatic carbocycles. The highest BCUT2D eigenvalue weighted by molar-refractivity contribution is 5.82. The maximum absolute atomic E-state index is 11.2. The van der Waals surface area contributed by atoms with Gasteiger partial charge >= 0.3 is 11.9 Å². The molecule has 17 heavy (non-hydrogen) atoms. The van der Waals surface area contributed by atoms with Crippen LogP contribution in [0.1, 0.15) is 27.7 Å². The van der Waals surface area contributed by atoms with Crippen LogP contribution in [0.4, 0.5) is 0 Å². The van der Waals surface area contributed by atoms with Crippen molar-refractivity contribution in [3.8, 4) is 0 Å². The number of ether oxygens (including phenoxy) is 2. The molecule has 0 amide bonds. The fourth-order valence-electron chi connectivity index (χ4n) is 0.961. The van der Waals surface area contributed by atoms with Gasteiger partial charge in [-0.15, -0.1) is 0 Å². The maximum atomic E-state index is 11.2. The third kappa shape index (κ3) is 10.9. The quantitative estimate of drug-likeness (QED) is 0.429. The lowest BCUT2D eigenvalue weighted by molar-refractivity contribution is -0.148. The molecule has 0 aliphatic rings. The minimum atomic E-state index is -0.486. The Morgan fingerprint density at radius 1 is 1.29 bits per heavy atom. The van der Waals surface area contributed by atoms with E-state index in [1.165, 1.54) is 6.08 Å². The second-order valence-electron chi connectivity index (χ2n) is 4.37. The second-order valence-corrected chi connectivity index (χ2v) is 4.37. The number of carbonyl (C=O) groups excluding carboxylic acids is 2. The first kappa shape index (κ1) is 15.6. The van der Waals surface area contributed by atoms with Gasteiger partial charge in [0.25, 0.3) is 0 Å². The SMILES string of the molecule is CCOC(=O)CNCC=CC(=O)OC(C)(C)C. The van der Waals surface area contributed by atoms with Crippen LogP contribution in [0.3, 0.4) is 0 Å². The highest BCUT2D eigenvalue weighted by atomic mass is 16.6. The average Bonchev–Trinajstić information content (AvgIpc) is 2.14. The number of rotatable bonds is 6. The van der Waals surface area contributed by atoms with Crippen molar-refractivity contribution in [3.05, 3.63) is 12.2 Å². The zero-order valence-electron chi connectivity index (χ0n) is 10.9. The molecule has 0 heterocycles. The lowest BCUT2D eigenvalue weighted by Crippen LogP contribution is -2.25. The van der Waals surface area contributed by atoms with Crippen molar-refractivity contribution in [2.24, 2.45) is 0 Å². The minimum Gasteiger partial charge on any atom is -0.465 e. The summed E-state index contributed by atoms with van der Waals surface area (Å²) in [5, 5.41) is 2.82. The summed E-state index contributed by atoms with van der Waals surface area (Å²) in [4.78, 5) is 22.2. The molecule has 0 atom stereocenters. The van der Waals surface area contributed by atoms with Gasteiger partial charge in [-0.1, -0.05) is 6.08 Å². The van der Waals surface area contributed by atoms with Crippen molar-refractivity contribution in [2.75, 3.05) is 19.7 Å². The highest BCUT2D eigenvalue weighted by Gasteiger charge is 2.13. The van der Waals surface area contributed by atoms with Gasteiger partial charge in [0.1, 0.15) is 5.60 Å². The predicted molar refractivity (Wildman–Crippen MR) is 64.5 cm³/mol. The van der Waals surface area contributed by atoms with Gasteiger partial charge in [-0.05, 0) is 27.7 Å². The van der Waals surface area contributed by atoms with E-state index >= 15 is 0 Å². The van der Waals surface area contributed by atoms with Crippen LogP contribution in [0.15, 0.2) is 12.2 Å². The van der Waals surface area contributed by atoms with Crippen LogP contribution in [0.25, 0.3) is 0 Å². The van der Waals surface area contributed by atoms with Gasteiger partial charge in [0.15, 0.2) is 0 Å². The molecule has 0 unspecified atom stereocenters. The molecule has 0 aromatic heterocycles. The normalized spacial score (nSPS) is 11.5. The topological polar surface area (TPSA) is 64.6 Å². The predicted octanol–water partition coefficient (Wildman–Crippen LogP) is 1.04. The van der Waals surface area contributed by atoms with E-state index in [1.54, 1.807) is 33.8 Å². The number of hydrogen-bond acceptors (Lipinski definition) is 5. The molecule has 0 saturated heterocycles. The van der Waals surface area contributed by atoms with Crippen molar-refractivity contribution >= 4 is 11.9 Å². The van der Waals surface area contributed by atoms with E-state index in [4.69, 9.17) is 9.47 Å². The van der Waals surface area contributed by atoms with Crippen molar-refractivity contribution in [1.29, 1.82) is 0 Å². The van der Waals surface area contributed by atoms with E-state index in [9.17, 15) is 9.59 Å². The largest absolute Gasteiger partial charge is 0.465 e.